The van der Waals surface area contributed by atoms with Crippen LogP contribution in [-0.4, -0.2) is 27.9 Å². The summed E-state index contributed by atoms with van der Waals surface area (Å²) in [5.74, 6) is 0.0845. The summed E-state index contributed by atoms with van der Waals surface area (Å²) in [5.41, 5.74) is -0.0475. The molecule has 140 valence electrons. The summed E-state index contributed by atoms with van der Waals surface area (Å²) >= 11 is 1.17. The van der Waals surface area contributed by atoms with Crippen LogP contribution < -0.4 is 5.56 Å². The molecule has 26 heavy (non-hydrogen) atoms. The number of hydrogen-bond donors (Lipinski definition) is 0. The van der Waals surface area contributed by atoms with Crippen LogP contribution in [0.3, 0.4) is 0 Å². The minimum Gasteiger partial charge on any atom is -0.453 e. The van der Waals surface area contributed by atoms with Gasteiger partial charge in [-0.3, -0.25) is 14.2 Å². The van der Waals surface area contributed by atoms with E-state index >= 15 is 0 Å². The maximum absolute atomic E-state index is 12.9. The molecule has 3 heterocycles. The van der Waals surface area contributed by atoms with E-state index in [9.17, 15) is 14.4 Å². The van der Waals surface area contributed by atoms with E-state index in [2.05, 4.69) is 4.98 Å². The molecule has 7 heteroatoms. The van der Waals surface area contributed by atoms with Crippen LogP contribution in [0.4, 0.5) is 0 Å². The first kappa shape index (κ1) is 18.8. The van der Waals surface area contributed by atoms with Gasteiger partial charge >= 0.3 is 5.97 Å². The highest BCUT2D eigenvalue weighted by Gasteiger charge is 2.26. The number of Topliss-reactive ketones (excluding diaryl/α,β-unsaturated/α-hetero) is 1. The van der Waals surface area contributed by atoms with Crippen LogP contribution in [0, 0.1) is 12.3 Å². The first-order valence-corrected chi connectivity index (χ1v) is 9.75. The van der Waals surface area contributed by atoms with E-state index in [1.807, 2.05) is 0 Å². The third-order valence-electron chi connectivity index (χ3n) is 4.77. The average molecular weight is 376 g/mol. The highest BCUT2D eigenvalue weighted by molar-refractivity contribution is 7.20. The Balaban J connectivity index is 1.94. The molecule has 0 aliphatic carbocycles. The van der Waals surface area contributed by atoms with Gasteiger partial charge in [-0.1, -0.05) is 27.2 Å². The van der Waals surface area contributed by atoms with E-state index in [1.54, 1.807) is 32.3 Å². The zero-order valence-electron chi connectivity index (χ0n) is 15.7. The predicted octanol–water partition coefficient (Wildman–Crippen LogP) is 3.26. The van der Waals surface area contributed by atoms with Crippen LogP contribution >= 0.6 is 11.3 Å². The van der Waals surface area contributed by atoms with Crippen molar-refractivity contribution < 1.29 is 14.3 Å². The molecule has 1 aliphatic heterocycles. The van der Waals surface area contributed by atoms with Crippen molar-refractivity contribution in [3.8, 4) is 0 Å². The number of ether oxygens (including phenoxy) is 1. The summed E-state index contributed by atoms with van der Waals surface area (Å²) in [5, 5.41) is 0.495. The van der Waals surface area contributed by atoms with Gasteiger partial charge in [0.15, 0.2) is 12.4 Å². The zero-order chi connectivity index (χ0) is 19.1. The monoisotopic (exact) mass is 376 g/mol. The molecule has 2 aromatic rings. The Hall–Kier alpha value is -2.02. The molecule has 0 aromatic carbocycles. The van der Waals surface area contributed by atoms with Crippen molar-refractivity contribution in [2.24, 2.45) is 5.41 Å². The van der Waals surface area contributed by atoms with Gasteiger partial charge in [0.25, 0.3) is 5.56 Å². The van der Waals surface area contributed by atoms with Crippen molar-refractivity contribution in [2.45, 2.75) is 59.9 Å². The molecular formula is C19H24N2O4S. The number of carbonyl (C=O) groups excluding carboxylic acids is 2. The molecular weight excluding hydrogens is 352 g/mol. The van der Waals surface area contributed by atoms with Gasteiger partial charge in [-0.2, -0.15) is 0 Å². The predicted molar refractivity (Wildman–Crippen MR) is 101 cm³/mol. The van der Waals surface area contributed by atoms with E-state index in [1.165, 1.54) is 11.3 Å². The number of carbonyl (C=O) groups is 2. The number of aryl methyl sites for hydroxylation is 2. The van der Waals surface area contributed by atoms with Crippen LogP contribution in [0.1, 0.15) is 61.1 Å². The molecule has 0 spiro atoms. The fourth-order valence-corrected chi connectivity index (χ4v) is 4.10. The Morgan fingerprint density at radius 1 is 1.23 bits per heavy atom. The highest BCUT2D eigenvalue weighted by Crippen LogP contribution is 2.29. The number of aromatic nitrogens is 2. The fraction of sp³-hybridized carbons (Fsp3) is 0.579. The number of thiophene rings is 1. The lowest BCUT2D eigenvalue weighted by atomic mass is 9.91. The molecule has 3 rings (SSSR count). The summed E-state index contributed by atoms with van der Waals surface area (Å²) in [6.45, 7) is 7.50. The van der Waals surface area contributed by atoms with Gasteiger partial charge in [-0.25, -0.2) is 9.78 Å². The Kier molecular flexibility index (Phi) is 5.01. The molecule has 0 amide bonds. The number of ketones is 1. The first-order valence-electron chi connectivity index (χ1n) is 8.93. The van der Waals surface area contributed by atoms with Crippen LogP contribution in [0.5, 0.6) is 0 Å². The molecule has 0 bridgehead atoms. The van der Waals surface area contributed by atoms with Crippen molar-refractivity contribution in [3.63, 3.8) is 0 Å². The van der Waals surface area contributed by atoms with E-state index in [0.717, 1.165) is 31.5 Å². The van der Waals surface area contributed by atoms with Gasteiger partial charge in [0, 0.05) is 18.4 Å². The Morgan fingerprint density at radius 3 is 2.65 bits per heavy atom. The number of hydrogen-bond acceptors (Lipinski definition) is 6. The summed E-state index contributed by atoms with van der Waals surface area (Å²) in [4.78, 5) is 42.9. The summed E-state index contributed by atoms with van der Waals surface area (Å²) in [6.07, 6.45) is 3.86. The number of rotatable bonds is 3. The standard InChI is InChI=1S/C19H24N2O4S/c1-11-14-16(20-13-8-6-5-7-9-21(13)17(14)23)26-15(11)18(24)25-10-12(22)19(2,3)4/h5-10H2,1-4H3. The fourth-order valence-electron chi connectivity index (χ4n) is 3.02. The second-order valence-electron chi connectivity index (χ2n) is 7.78. The number of esters is 1. The molecule has 0 saturated heterocycles. The maximum atomic E-state index is 12.9. The Morgan fingerprint density at radius 2 is 1.96 bits per heavy atom. The molecule has 0 atom stereocenters. The van der Waals surface area contributed by atoms with Crippen molar-refractivity contribution >= 4 is 33.3 Å². The molecule has 0 fully saturated rings. The Labute approximate surface area is 156 Å². The minimum atomic E-state index is -0.567. The van der Waals surface area contributed by atoms with Gasteiger partial charge in [-0.15, -0.1) is 11.3 Å². The quantitative estimate of drug-likeness (QED) is 0.768. The van der Waals surface area contributed by atoms with Crippen molar-refractivity contribution in [1.29, 1.82) is 0 Å². The van der Waals surface area contributed by atoms with Gasteiger partial charge in [0.1, 0.15) is 15.5 Å². The van der Waals surface area contributed by atoms with Crippen molar-refractivity contribution in [1.82, 2.24) is 9.55 Å². The SMILES string of the molecule is Cc1c(C(=O)OCC(=O)C(C)(C)C)sc2nc3n(c(=O)c12)CCCCC3. The molecule has 6 nitrogen and oxygen atoms in total. The maximum Gasteiger partial charge on any atom is 0.349 e. The second-order valence-corrected chi connectivity index (χ2v) is 8.78. The summed E-state index contributed by atoms with van der Waals surface area (Å²) in [7, 11) is 0. The summed E-state index contributed by atoms with van der Waals surface area (Å²) in [6, 6.07) is 0. The third-order valence-corrected chi connectivity index (χ3v) is 5.93. The third kappa shape index (κ3) is 3.45. The second kappa shape index (κ2) is 6.95. The zero-order valence-corrected chi connectivity index (χ0v) is 16.5. The van der Waals surface area contributed by atoms with E-state index < -0.39 is 11.4 Å². The first-order chi connectivity index (χ1) is 12.2. The number of fused-ring (bicyclic) bond motifs is 2. The number of nitrogens with zero attached hydrogens (tertiary/aromatic N) is 2. The lowest BCUT2D eigenvalue weighted by Gasteiger charge is -2.15. The molecule has 0 saturated carbocycles. The van der Waals surface area contributed by atoms with E-state index in [-0.39, 0.29) is 17.9 Å². The summed E-state index contributed by atoms with van der Waals surface area (Å²) < 4.78 is 6.94. The van der Waals surface area contributed by atoms with Crippen LogP contribution in [0.15, 0.2) is 4.79 Å². The average Bonchev–Trinajstić information content (AvgIpc) is 2.75. The van der Waals surface area contributed by atoms with Crippen LogP contribution in [0.2, 0.25) is 0 Å². The lowest BCUT2D eigenvalue weighted by Crippen LogP contribution is -2.26. The van der Waals surface area contributed by atoms with E-state index in [4.69, 9.17) is 4.74 Å². The van der Waals surface area contributed by atoms with Gasteiger partial charge in [0.2, 0.25) is 0 Å². The van der Waals surface area contributed by atoms with Crippen LogP contribution in [-0.2, 0) is 22.5 Å². The largest absolute Gasteiger partial charge is 0.453 e. The molecule has 0 N–H and O–H groups in total. The van der Waals surface area contributed by atoms with E-state index in [0.29, 0.717) is 27.2 Å². The molecule has 1 aliphatic rings. The highest BCUT2D eigenvalue weighted by atomic mass is 32.1. The van der Waals surface area contributed by atoms with Crippen LogP contribution in [0.25, 0.3) is 10.2 Å². The van der Waals surface area contributed by atoms with Gasteiger partial charge in [0.05, 0.1) is 5.39 Å². The molecule has 0 unspecified atom stereocenters. The molecule has 0 radical (unpaired) electrons. The minimum absolute atomic E-state index is 0.0783. The smallest absolute Gasteiger partial charge is 0.349 e. The van der Waals surface area contributed by atoms with Crippen molar-refractivity contribution in [2.75, 3.05) is 6.61 Å². The van der Waals surface area contributed by atoms with Crippen molar-refractivity contribution in [3.05, 3.63) is 26.6 Å². The van der Waals surface area contributed by atoms with Gasteiger partial charge < -0.3 is 4.74 Å². The Bertz CT molecular complexity index is 934. The molecule has 2 aromatic heterocycles. The lowest BCUT2D eigenvalue weighted by molar-refractivity contribution is -0.129. The van der Waals surface area contributed by atoms with Gasteiger partial charge in [-0.05, 0) is 25.3 Å². The normalized spacial score (nSPS) is 14.8. The topological polar surface area (TPSA) is 78.3 Å².